The molecule has 4 aromatic rings. The van der Waals surface area contributed by atoms with Gasteiger partial charge in [0.25, 0.3) is 0 Å². The first-order chi connectivity index (χ1) is 17.8. The molecule has 0 amide bonds. The molecule has 1 aliphatic rings. The van der Waals surface area contributed by atoms with Crippen molar-refractivity contribution in [3.05, 3.63) is 130 Å². The highest BCUT2D eigenvalue weighted by molar-refractivity contribution is 6.31. The minimum Gasteiger partial charge on any atom is -0.320 e. The quantitative estimate of drug-likeness (QED) is 0.236. The van der Waals surface area contributed by atoms with E-state index in [9.17, 15) is 8.78 Å². The smallest absolute Gasteiger partial charge is 0.146 e. The predicted octanol–water partition coefficient (Wildman–Crippen LogP) is 8.62. The van der Waals surface area contributed by atoms with E-state index in [0.717, 1.165) is 22.5 Å². The van der Waals surface area contributed by atoms with Crippen LogP contribution in [0.1, 0.15) is 25.0 Å². The molecule has 1 aliphatic heterocycles. The minimum absolute atomic E-state index is 0.282. The van der Waals surface area contributed by atoms with Gasteiger partial charge in [0.1, 0.15) is 23.0 Å². The second-order valence-electron chi connectivity index (χ2n) is 8.91. The number of amidine groups is 1. The van der Waals surface area contributed by atoms with Crippen LogP contribution in [0.15, 0.2) is 107 Å². The first-order valence-electron chi connectivity index (χ1n) is 11.8. The molecule has 3 nitrogen and oxygen atoms in total. The highest BCUT2D eigenvalue weighted by atomic mass is 35.5. The maximum absolute atomic E-state index is 14.0. The molecule has 186 valence electrons. The third-order valence-corrected chi connectivity index (χ3v) is 7.17. The SMILES string of the molecule is C/C(=N\c1ccc(Cl)cc1)C1(c2ccc(F)cc2)N=C(c2ccc(F)cc2)N(c2ccc(Cl)cc2)C1C. The van der Waals surface area contributed by atoms with Gasteiger partial charge in [-0.05, 0) is 104 Å². The van der Waals surface area contributed by atoms with Crippen molar-refractivity contribution in [2.45, 2.75) is 25.4 Å². The van der Waals surface area contributed by atoms with E-state index in [1.807, 2.05) is 43.3 Å². The molecule has 0 aliphatic carbocycles. The van der Waals surface area contributed by atoms with E-state index < -0.39 is 5.54 Å². The van der Waals surface area contributed by atoms with Gasteiger partial charge in [-0.2, -0.15) is 0 Å². The molecule has 2 unspecified atom stereocenters. The first-order valence-corrected chi connectivity index (χ1v) is 12.5. The number of hydrogen-bond acceptors (Lipinski definition) is 3. The zero-order valence-electron chi connectivity index (χ0n) is 20.2. The second-order valence-corrected chi connectivity index (χ2v) is 9.78. The summed E-state index contributed by atoms with van der Waals surface area (Å²) < 4.78 is 27.8. The van der Waals surface area contributed by atoms with Crippen molar-refractivity contribution in [2.24, 2.45) is 9.98 Å². The van der Waals surface area contributed by atoms with Gasteiger partial charge in [0.15, 0.2) is 0 Å². The molecule has 1 heterocycles. The lowest BCUT2D eigenvalue weighted by Crippen LogP contribution is -2.47. The number of benzene rings is 4. The Hall–Kier alpha value is -3.54. The monoisotopic (exact) mass is 533 g/mol. The third-order valence-electron chi connectivity index (χ3n) is 6.67. The average molecular weight is 534 g/mol. The standard InChI is InChI=1S/C30H23Cl2F2N3/c1-19(35-27-15-7-23(31)8-16-27)30(22-5-13-26(34)14-6-22)20(2)37(28-17-9-24(32)10-18-28)29(36-30)21-3-11-25(33)12-4-21/h3-18,20H,1-2H3/b35-19+. The largest absolute Gasteiger partial charge is 0.320 e. The second kappa shape index (κ2) is 10.1. The van der Waals surface area contributed by atoms with E-state index >= 15 is 0 Å². The van der Waals surface area contributed by atoms with Crippen LogP contribution in [0, 0.1) is 11.6 Å². The van der Waals surface area contributed by atoms with Crippen molar-refractivity contribution in [1.82, 2.24) is 0 Å². The summed E-state index contributed by atoms with van der Waals surface area (Å²) in [5.41, 5.74) is 2.85. The van der Waals surface area contributed by atoms with Crippen molar-refractivity contribution in [3.63, 3.8) is 0 Å². The molecule has 0 N–H and O–H groups in total. The maximum Gasteiger partial charge on any atom is 0.146 e. The first kappa shape index (κ1) is 25.1. The Balaban J connectivity index is 1.76. The molecule has 4 aromatic carbocycles. The Kier molecular flexibility index (Phi) is 6.84. The molecule has 0 bridgehead atoms. The molecule has 0 saturated carbocycles. The van der Waals surface area contributed by atoms with Crippen LogP contribution in [0.25, 0.3) is 0 Å². The summed E-state index contributed by atoms with van der Waals surface area (Å²) >= 11 is 12.3. The van der Waals surface area contributed by atoms with E-state index in [4.69, 9.17) is 33.2 Å². The van der Waals surface area contributed by atoms with Crippen molar-refractivity contribution < 1.29 is 8.78 Å². The van der Waals surface area contributed by atoms with Gasteiger partial charge in [0.05, 0.1) is 11.7 Å². The lowest BCUT2D eigenvalue weighted by Gasteiger charge is -2.36. The molecule has 0 aromatic heterocycles. The fraction of sp³-hybridized carbons (Fsp3) is 0.133. The summed E-state index contributed by atoms with van der Waals surface area (Å²) in [5, 5.41) is 1.23. The van der Waals surface area contributed by atoms with E-state index in [-0.39, 0.29) is 17.7 Å². The lowest BCUT2D eigenvalue weighted by molar-refractivity contribution is 0.526. The fourth-order valence-corrected chi connectivity index (χ4v) is 5.08. The van der Waals surface area contributed by atoms with Crippen LogP contribution in [-0.2, 0) is 5.54 Å². The molecule has 37 heavy (non-hydrogen) atoms. The van der Waals surface area contributed by atoms with Gasteiger partial charge >= 0.3 is 0 Å². The van der Waals surface area contributed by atoms with Crippen molar-refractivity contribution in [2.75, 3.05) is 4.90 Å². The Bertz CT molecular complexity index is 1470. The molecule has 0 radical (unpaired) electrons. The Morgan fingerprint density at radius 2 is 1.30 bits per heavy atom. The number of rotatable bonds is 5. The molecular weight excluding hydrogens is 511 g/mol. The molecule has 0 saturated heterocycles. The zero-order valence-corrected chi connectivity index (χ0v) is 21.7. The van der Waals surface area contributed by atoms with Crippen molar-refractivity contribution in [1.29, 1.82) is 0 Å². The Morgan fingerprint density at radius 3 is 1.86 bits per heavy atom. The third kappa shape index (κ3) is 4.77. The molecule has 7 heteroatoms. The van der Waals surface area contributed by atoms with Crippen molar-refractivity contribution >= 4 is 46.1 Å². The number of anilines is 1. The number of aliphatic imine (C=N–C) groups is 2. The van der Waals surface area contributed by atoms with E-state index in [1.54, 1.807) is 36.4 Å². The molecule has 0 fully saturated rings. The average Bonchev–Trinajstić information content (AvgIpc) is 3.20. The Morgan fingerprint density at radius 1 is 0.784 bits per heavy atom. The zero-order chi connectivity index (χ0) is 26.2. The fourth-order valence-electron chi connectivity index (χ4n) is 4.83. The van der Waals surface area contributed by atoms with Crippen LogP contribution in [0.4, 0.5) is 20.2 Å². The molecule has 0 spiro atoms. The van der Waals surface area contributed by atoms with Gasteiger partial charge in [-0.25, -0.2) is 13.8 Å². The van der Waals surface area contributed by atoms with Crippen LogP contribution in [0.2, 0.25) is 10.0 Å². The summed E-state index contributed by atoms with van der Waals surface area (Å²) in [7, 11) is 0. The van der Waals surface area contributed by atoms with Gasteiger partial charge in [0, 0.05) is 27.0 Å². The minimum atomic E-state index is -0.976. The molecule has 5 rings (SSSR count). The highest BCUT2D eigenvalue weighted by Crippen LogP contribution is 2.44. The molecular formula is C30H23Cl2F2N3. The van der Waals surface area contributed by atoms with Crippen LogP contribution >= 0.6 is 23.2 Å². The Labute approximate surface area is 224 Å². The van der Waals surface area contributed by atoms with Crippen LogP contribution in [0.3, 0.4) is 0 Å². The molecule has 2 atom stereocenters. The van der Waals surface area contributed by atoms with E-state index in [2.05, 4.69) is 11.8 Å². The summed E-state index contributed by atoms with van der Waals surface area (Å²) in [4.78, 5) is 12.3. The number of hydrogen-bond donors (Lipinski definition) is 0. The highest BCUT2D eigenvalue weighted by Gasteiger charge is 2.50. The van der Waals surface area contributed by atoms with E-state index in [0.29, 0.717) is 21.6 Å². The van der Waals surface area contributed by atoms with Crippen LogP contribution in [0.5, 0.6) is 0 Å². The summed E-state index contributed by atoms with van der Waals surface area (Å²) in [6.07, 6.45) is 0. The van der Waals surface area contributed by atoms with Gasteiger partial charge in [-0.15, -0.1) is 0 Å². The van der Waals surface area contributed by atoms with Gasteiger partial charge in [-0.3, -0.25) is 4.99 Å². The van der Waals surface area contributed by atoms with Gasteiger partial charge < -0.3 is 4.90 Å². The van der Waals surface area contributed by atoms with E-state index in [1.165, 1.54) is 24.3 Å². The lowest BCUT2D eigenvalue weighted by atomic mass is 9.80. The predicted molar refractivity (Wildman–Crippen MR) is 149 cm³/mol. The number of halogens is 4. The summed E-state index contributed by atoms with van der Waals surface area (Å²) in [6, 6.07) is 27.0. The topological polar surface area (TPSA) is 28.0 Å². The van der Waals surface area contributed by atoms with Gasteiger partial charge in [-0.1, -0.05) is 35.3 Å². The van der Waals surface area contributed by atoms with Crippen LogP contribution in [-0.4, -0.2) is 17.6 Å². The van der Waals surface area contributed by atoms with Gasteiger partial charge in [0.2, 0.25) is 0 Å². The van der Waals surface area contributed by atoms with Crippen LogP contribution < -0.4 is 4.90 Å². The summed E-state index contributed by atoms with van der Waals surface area (Å²) in [6.45, 7) is 3.98. The van der Waals surface area contributed by atoms with Crippen molar-refractivity contribution in [3.8, 4) is 0 Å². The summed E-state index contributed by atoms with van der Waals surface area (Å²) in [5.74, 6) is -0.0299. The maximum atomic E-state index is 14.0. The number of nitrogens with zero attached hydrogens (tertiary/aromatic N) is 3. The normalized spacial score (nSPS) is 19.7.